The van der Waals surface area contributed by atoms with E-state index in [0.29, 0.717) is 24.5 Å². The van der Waals surface area contributed by atoms with E-state index < -0.39 is 10.0 Å². The van der Waals surface area contributed by atoms with E-state index in [1.54, 1.807) is 16.4 Å². The average molecular weight is 480 g/mol. The zero-order valence-electron chi connectivity index (χ0n) is 15.0. The molecule has 25 heavy (non-hydrogen) atoms. The zero-order chi connectivity index (χ0) is 17.4. The summed E-state index contributed by atoms with van der Waals surface area (Å²) < 4.78 is 26.6. The Hall–Kier alpha value is -0.870. The van der Waals surface area contributed by atoms with Crippen LogP contribution < -0.4 is 10.6 Å². The van der Waals surface area contributed by atoms with Gasteiger partial charge in [0.25, 0.3) is 0 Å². The monoisotopic (exact) mass is 480 g/mol. The molecular weight excluding hydrogens is 451 g/mol. The lowest BCUT2D eigenvalue weighted by Gasteiger charge is -2.15. The fraction of sp³-hybridized carbons (Fsp3) is 0.588. The SMILES string of the molecule is CCCNC(=NCc1ccc(S(=O)(=O)N2CCCC2)cc1)NCC.I. The Morgan fingerprint density at radius 3 is 2.32 bits per heavy atom. The number of halogens is 1. The van der Waals surface area contributed by atoms with Crippen molar-refractivity contribution in [3.8, 4) is 0 Å². The minimum atomic E-state index is -3.33. The Kier molecular flexibility index (Phi) is 9.73. The fourth-order valence-electron chi connectivity index (χ4n) is 2.60. The third-order valence-corrected chi connectivity index (χ3v) is 5.85. The van der Waals surface area contributed by atoms with Crippen molar-refractivity contribution in [1.82, 2.24) is 14.9 Å². The number of hydrogen-bond acceptors (Lipinski definition) is 3. The van der Waals surface area contributed by atoms with Crippen LogP contribution in [0.1, 0.15) is 38.7 Å². The van der Waals surface area contributed by atoms with Crippen molar-refractivity contribution in [2.24, 2.45) is 4.99 Å². The Labute approximate surface area is 168 Å². The molecule has 1 heterocycles. The molecule has 0 bridgehead atoms. The van der Waals surface area contributed by atoms with Gasteiger partial charge >= 0.3 is 0 Å². The summed E-state index contributed by atoms with van der Waals surface area (Å²) in [6, 6.07) is 7.06. The maximum atomic E-state index is 12.5. The summed E-state index contributed by atoms with van der Waals surface area (Å²) in [6.07, 6.45) is 2.93. The van der Waals surface area contributed by atoms with Gasteiger partial charge in [-0.15, -0.1) is 24.0 Å². The van der Waals surface area contributed by atoms with Crippen LogP contribution >= 0.6 is 24.0 Å². The molecule has 8 heteroatoms. The third kappa shape index (κ3) is 6.41. The summed E-state index contributed by atoms with van der Waals surface area (Å²) >= 11 is 0. The van der Waals surface area contributed by atoms with E-state index in [1.807, 2.05) is 19.1 Å². The number of hydrogen-bond donors (Lipinski definition) is 2. The molecule has 1 aliphatic heterocycles. The second kappa shape index (κ2) is 11.0. The first kappa shape index (κ1) is 22.2. The standard InChI is InChI=1S/C17H28N4O2S.HI/c1-3-11-19-17(18-4-2)20-14-15-7-9-16(10-8-15)24(22,23)21-12-5-6-13-21;/h7-10H,3-6,11-14H2,1-2H3,(H2,18,19,20);1H. The van der Waals surface area contributed by atoms with Gasteiger partial charge in [0.15, 0.2) is 5.96 Å². The number of benzene rings is 1. The molecule has 0 unspecified atom stereocenters. The van der Waals surface area contributed by atoms with Crippen molar-refractivity contribution in [2.75, 3.05) is 26.2 Å². The first-order chi connectivity index (χ1) is 11.6. The lowest BCUT2D eigenvalue weighted by atomic mass is 10.2. The normalized spacial score (nSPS) is 15.7. The number of nitrogens with one attached hydrogen (secondary N) is 2. The Balaban J connectivity index is 0.00000312. The predicted octanol–water partition coefficient (Wildman–Crippen LogP) is 2.55. The van der Waals surface area contributed by atoms with Crippen LogP contribution in [0.2, 0.25) is 0 Å². The van der Waals surface area contributed by atoms with E-state index in [-0.39, 0.29) is 24.0 Å². The molecule has 0 saturated carbocycles. The number of guanidine groups is 1. The van der Waals surface area contributed by atoms with E-state index in [9.17, 15) is 8.42 Å². The van der Waals surface area contributed by atoms with Gasteiger partial charge in [-0.1, -0.05) is 19.1 Å². The van der Waals surface area contributed by atoms with Crippen LogP contribution in [0.5, 0.6) is 0 Å². The van der Waals surface area contributed by atoms with Crippen LogP contribution in [-0.2, 0) is 16.6 Å². The summed E-state index contributed by atoms with van der Waals surface area (Å²) in [5.74, 6) is 0.785. The van der Waals surface area contributed by atoms with Crippen molar-refractivity contribution in [2.45, 2.75) is 44.6 Å². The van der Waals surface area contributed by atoms with Crippen molar-refractivity contribution < 1.29 is 8.42 Å². The third-order valence-electron chi connectivity index (χ3n) is 3.93. The molecule has 0 radical (unpaired) electrons. The van der Waals surface area contributed by atoms with Gasteiger partial charge in [-0.3, -0.25) is 0 Å². The molecule has 2 rings (SSSR count). The molecule has 2 N–H and O–H groups in total. The van der Waals surface area contributed by atoms with Gasteiger partial charge in [-0.05, 0) is 43.9 Å². The maximum absolute atomic E-state index is 12.5. The van der Waals surface area contributed by atoms with E-state index in [1.165, 1.54) is 0 Å². The Morgan fingerprint density at radius 2 is 1.76 bits per heavy atom. The van der Waals surface area contributed by atoms with Crippen LogP contribution in [0.3, 0.4) is 0 Å². The summed E-state index contributed by atoms with van der Waals surface area (Å²) in [4.78, 5) is 4.89. The smallest absolute Gasteiger partial charge is 0.243 e. The number of aliphatic imine (C=N–C) groups is 1. The highest BCUT2D eigenvalue weighted by Crippen LogP contribution is 2.21. The highest BCUT2D eigenvalue weighted by Gasteiger charge is 2.26. The molecule has 0 atom stereocenters. The van der Waals surface area contributed by atoms with E-state index in [4.69, 9.17) is 0 Å². The molecule has 1 aromatic rings. The van der Waals surface area contributed by atoms with Crippen LogP contribution in [-0.4, -0.2) is 44.9 Å². The number of rotatable bonds is 7. The van der Waals surface area contributed by atoms with Crippen LogP contribution in [0.15, 0.2) is 34.2 Å². The number of sulfonamides is 1. The highest BCUT2D eigenvalue weighted by molar-refractivity contribution is 14.0. The van der Waals surface area contributed by atoms with Crippen LogP contribution in [0, 0.1) is 0 Å². The summed E-state index contributed by atoms with van der Waals surface area (Å²) in [5, 5.41) is 6.45. The molecule has 0 aromatic heterocycles. The molecular formula is C17H29IN4O2S. The van der Waals surface area contributed by atoms with Gasteiger partial charge in [-0.25, -0.2) is 13.4 Å². The van der Waals surface area contributed by atoms with Crippen LogP contribution in [0.25, 0.3) is 0 Å². The molecule has 142 valence electrons. The van der Waals surface area contributed by atoms with E-state index in [2.05, 4.69) is 22.5 Å². The number of nitrogens with zero attached hydrogens (tertiary/aromatic N) is 2. The van der Waals surface area contributed by atoms with Gasteiger partial charge in [0.2, 0.25) is 10.0 Å². The lowest BCUT2D eigenvalue weighted by molar-refractivity contribution is 0.477. The van der Waals surface area contributed by atoms with Crippen molar-refractivity contribution in [1.29, 1.82) is 0 Å². The summed E-state index contributed by atoms with van der Waals surface area (Å²) in [6.45, 7) is 7.59. The molecule has 1 saturated heterocycles. The second-order valence-electron chi connectivity index (χ2n) is 5.88. The molecule has 0 aliphatic carbocycles. The Bertz CT molecular complexity index is 641. The van der Waals surface area contributed by atoms with E-state index >= 15 is 0 Å². The van der Waals surface area contributed by atoms with Crippen molar-refractivity contribution in [3.05, 3.63) is 29.8 Å². The van der Waals surface area contributed by atoms with Crippen molar-refractivity contribution >= 4 is 40.0 Å². The van der Waals surface area contributed by atoms with Crippen LogP contribution in [0.4, 0.5) is 0 Å². The first-order valence-electron chi connectivity index (χ1n) is 8.69. The molecule has 1 aliphatic rings. The lowest BCUT2D eigenvalue weighted by Crippen LogP contribution is -2.37. The maximum Gasteiger partial charge on any atom is 0.243 e. The Morgan fingerprint density at radius 1 is 1.12 bits per heavy atom. The highest BCUT2D eigenvalue weighted by atomic mass is 127. The minimum Gasteiger partial charge on any atom is -0.357 e. The average Bonchev–Trinajstić information content (AvgIpc) is 3.13. The molecule has 1 aromatic carbocycles. The fourth-order valence-corrected chi connectivity index (χ4v) is 4.12. The van der Waals surface area contributed by atoms with E-state index in [0.717, 1.165) is 43.9 Å². The molecule has 1 fully saturated rings. The summed E-state index contributed by atoms with van der Waals surface area (Å²) in [7, 11) is -3.33. The minimum absolute atomic E-state index is 0. The van der Waals surface area contributed by atoms with Gasteiger partial charge in [0.1, 0.15) is 0 Å². The van der Waals surface area contributed by atoms with Gasteiger partial charge in [0, 0.05) is 26.2 Å². The van der Waals surface area contributed by atoms with Gasteiger partial charge in [-0.2, -0.15) is 4.31 Å². The molecule has 0 amide bonds. The van der Waals surface area contributed by atoms with Gasteiger partial charge in [0.05, 0.1) is 11.4 Å². The topological polar surface area (TPSA) is 73.8 Å². The summed E-state index contributed by atoms with van der Waals surface area (Å²) in [5.41, 5.74) is 0.990. The zero-order valence-corrected chi connectivity index (χ0v) is 18.1. The van der Waals surface area contributed by atoms with Crippen molar-refractivity contribution in [3.63, 3.8) is 0 Å². The first-order valence-corrected chi connectivity index (χ1v) is 10.1. The molecule has 6 nitrogen and oxygen atoms in total. The quantitative estimate of drug-likeness (QED) is 0.358. The predicted molar refractivity (Wildman–Crippen MR) is 113 cm³/mol. The largest absolute Gasteiger partial charge is 0.357 e. The van der Waals surface area contributed by atoms with Gasteiger partial charge < -0.3 is 10.6 Å². The second-order valence-corrected chi connectivity index (χ2v) is 7.82. The molecule has 0 spiro atoms.